The standard InChI is InChI=1S/C17H36.C14H30O2/c1-3-5-7-9-11-13-15-17-16-14-12-10-8-6-4-2;1-2-3-4-5-6-7-8-9-10-11-13-16-14-12-15/h3-17H2,1-2H3;15H,2-14H2,1H3. The molecule has 2 heteroatoms. The van der Waals surface area contributed by atoms with Crippen LogP contribution in [0.15, 0.2) is 0 Å². The van der Waals surface area contributed by atoms with Crippen molar-refractivity contribution >= 4 is 0 Å². The molecule has 0 heterocycles. The van der Waals surface area contributed by atoms with E-state index in [1.807, 2.05) is 0 Å². The summed E-state index contributed by atoms with van der Waals surface area (Å²) in [6.07, 6.45) is 35.5. The topological polar surface area (TPSA) is 29.5 Å². The first-order valence-corrected chi connectivity index (χ1v) is 15.5. The Balaban J connectivity index is 0. The van der Waals surface area contributed by atoms with Crippen molar-refractivity contribution in [2.75, 3.05) is 19.8 Å². The number of ether oxygens (including phenoxy) is 1. The highest BCUT2D eigenvalue weighted by atomic mass is 16.5. The van der Waals surface area contributed by atoms with Crippen LogP contribution in [0.1, 0.15) is 181 Å². The van der Waals surface area contributed by atoms with Gasteiger partial charge in [-0.2, -0.15) is 0 Å². The van der Waals surface area contributed by atoms with Crippen molar-refractivity contribution in [1.82, 2.24) is 0 Å². The average molecular weight is 471 g/mol. The fourth-order valence-electron chi connectivity index (χ4n) is 4.30. The van der Waals surface area contributed by atoms with Crippen molar-refractivity contribution in [3.63, 3.8) is 0 Å². The molecule has 0 radical (unpaired) electrons. The van der Waals surface area contributed by atoms with Gasteiger partial charge in [-0.25, -0.2) is 0 Å². The molecule has 1 N–H and O–H groups in total. The first-order valence-electron chi connectivity index (χ1n) is 15.5. The second-order valence-corrected chi connectivity index (χ2v) is 10.1. The van der Waals surface area contributed by atoms with E-state index in [9.17, 15) is 0 Å². The average Bonchev–Trinajstić information content (AvgIpc) is 2.83. The molecule has 0 atom stereocenters. The van der Waals surface area contributed by atoms with Gasteiger partial charge in [-0.1, -0.05) is 175 Å². The van der Waals surface area contributed by atoms with Crippen LogP contribution < -0.4 is 0 Å². The molecule has 0 aliphatic rings. The molecular weight excluding hydrogens is 404 g/mol. The molecule has 202 valence electrons. The summed E-state index contributed by atoms with van der Waals surface area (Å²) in [6.45, 7) is 8.31. The largest absolute Gasteiger partial charge is 0.394 e. The zero-order valence-electron chi connectivity index (χ0n) is 23.7. The van der Waals surface area contributed by atoms with E-state index in [1.165, 1.54) is 154 Å². The molecule has 0 unspecified atom stereocenters. The van der Waals surface area contributed by atoms with Crippen LogP contribution >= 0.6 is 0 Å². The molecule has 0 rings (SSSR count). The summed E-state index contributed by atoms with van der Waals surface area (Å²) in [5.74, 6) is 0. The molecule has 0 aromatic carbocycles. The van der Waals surface area contributed by atoms with Crippen LogP contribution in [0.25, 0.3) is 0 Å². The third-order valence-corrected chi connectivity index (χ3v) is 6.58. The molecule has 0 aromatic heterocycles. The fourth-order valence-corrected chi connectivity index (χ4v) is 4.30. The highest BCUT2D eigenvalue weighted by Gasteiger charge is 1.94. The first-order chi connectivity index (χ1) is 16.3. The molecule has 0 amide bonds. The van der Waals surface area contributed by atoms with Crippen molar-refractivity contribution in [3.05, 3.63) is 0 Å². The summed E-state index contributed by atoms with van der Waals surface area (Å²) in [7, 11) is 0. The lowest BCUT2D eigenvalue weighted by Crippen LogP contribution is -2.00. The van der Waals surface area contributed by atoms with Gasteiger partial charge in [0.25, 0.3) is 0 Å². The van der Waals surface area contributed by atoms with Crippen LogP contribution in [0.5, 0.6) is 0 Å². The number of unbranched alkanes of at least 4 members (excludes halogenated alkanes) is 23. The summed E-state index contributed by atoms with van der Waals surface area (Å²) in [6, 6.07) is 0. The SMILES string of the molecule is CCCCCCCCCCCCCCCCC.CCCCCCCCCCCCOCCO. The van der Waals surface area contributed by atoms with E-state index in [0.717, 1.165) is 13.0 Å². The normalized spacial score (nSPS) is 10.9. The minimum absolute atomic E-state index is 0.151. The Morgan fingerprint density at radius 2 is 0.576 bits per heavy atom. The molecule has 0 aliphatic carbocycles. The summed E-state index contributed by atoms with van der Waals surface area (Å²) in [4.78, 5) is 0. The van der Waals surface area contributed by atoms with Gasteiger partial charge in [-0.3, -0.25) is 0 Å². The van der Waals surface area contributed by atoms with Crippen LogP contribution in [0, 0.1) is 0 Å². The van der Waals surface area contributed by atoms with Crippen molar-refractivity contribution in [2.24, 2.45) is 0 Å². The zero-order chi connectivity index (χ0) is 24.5. The van der Waals surface area contributed by atoms with Crippen LogP contribution in [0.2, 0.25) is 0 Å². The minimum atomic E-state index is 0.151. The quantitative estimate of drug-likeness (QED) is 0.121. The zero-order valence-corrected chi connectivity index (χ0v) is 23.7. The number of hydrogen-bond donors (Lipinski definition) is 1. The van der Waals surface area contributed by atoms with Gasteiger partial charge in [-0.05, 0) is 6.42 Å². The van der Waals surface area contributed by atoms with Gasteiger partial charge in [0.2, 0.25) is 0 Å². The van der Waals surface area contributed by atoms with Crippen LogP contribution in [-0.2, 0) is 4.74 Å². The molecule has 0 bridgehead atoms. The fraction of sp³-hybridized carbons (Fsp3) is 1.00. The van der Waals surface area contributed by atoms with Gasteiger partial charge in [0, 0.05) is 6.61 Å². The van der Waals surface area contributed by atoms with Crippen molar-refractivity contribution < 1.29 is 9.84 Å². The molecule has 2 nitrogen and oxygen atoms in total. The molecular formula is C31H66O2. The Kier molecular flexibility index (Phi) is 38.8. The van der Waals surface area contributed by atoms with E-state index in [2.05, 4.69) is 20.8 Å². The van der Waals surface area contributed by atoms with Crippen molar-refractivity contribution in [1.29, 1.82) is 0 Å². The molecule has 0 aromatic rings. The summed E-state index contributed by atoms with van der Waals surface area (Å²) in [5, 5.41) is 8.50. The van der Waals surface area contributed by atoms with Crippen LogP contribution in [0.3, 0.4) is 0 Å². The molecule has 0 spiro atoms. The van der Waals surface area contributed by atoms with E-state index in [0.29, 0.717) is 6.61 Å². The maximum Gasteiger partial charge on any atom is 0.0697 e. The van der Waals surface area contributed by atoms with Gasteiger partial charge in [0.15, 0.2) is 0 Å². The second kappa shape index (κ2) is 36.5. The predicted octanol–water partition coefficient (Wildman–Crippen LogP) is 10.8. The number of aliphatic hydroxyl groups excluding tert-OH is 1. The Morgan fingerprint density at radius 1 is 0.333 bits per heavy atom. The smallest absolute Gasteiger partial charge is 0.0697 e. The minimum Gasteiger partial charge on any atom is -0.394 e. The Bertz CT molecular complexity index is 265. The van der Waals surface area contributed by atoms with Gasteiger partial charge < -0.3 is 9.84 Å². The number of hydrogen-bond acceptors (Lipinski definition) is 2. The number of aliphatic hydroxyl groups is 1. The molecule has 0 aliphatic heterocycles. The lowest BCUT2D eigenvalue weighted by Gasteiger charge is -2.03. The molecule has 0 fully saturated rings. The van der Waals surface area contributed by atoms with E-state index in [1.54, 1.807) is 0 Å². The maximum atomic E-state index is 8.50. The molecule has 33 heavy (non-hydrogen) atoms. The highest BCUT2D eigenvalue weighted by Crippen LogP contribution is 2.13. The predicted molar refractivity (Wildman–Crippen MR) is 150 cm³/mol. The second-order valence-electron chi connectivity index (χ2n) is 10.1. The number of rotatable bonds is 27. The Labute approximate surface area is 211 Å². The third-order valence-electron chi connectivity index (χ3n) is 6.58. The lowest BCUT2D eigenvalue weighted by molar-refractivity contribution is 0.0895. The van der Waals surface area contributed by atoms with E-state index in [-0.39, 0.29) is 6.61 Å². The molecule has 0 saturated heterocycles. The monoisotopic (exact) mass is 471 g/mol. The third kappa shape index (κ3) is 39.4. The lowest BCUT2D eigenvalue weighted by atomic mass is 10.0. The summed E-state index contributed by atoms with van der Waals surface area (Å²) < 4.78 is 5.20. The van der Waals surface area contributed by atoms with Gasteiger partial charge in [0.05, 0.1) is 13.2 Å². The Morgan fingerprint density at radius 3 is 0.818 bits per heavy atom. The highest BCUT2D eigenvalue weighted by molar-refractivity contribution is 4.49. The van der Waals surface area contributed by atoms with Crippen molar-refractivity contribution in [3.8, 4) is 0 Å². The van der Waals surface area contributed by atoms with Gasteiger partial charge in [0.1, 0.15) is 0 Å². The summed E-state index contributed by atoms with van der Waals surface area (Å²) >= 11 is 0. The van der Waals surface area contributed by atoms with Gasteiger partial charge in [-0.15, -0.1) is 0 Å². The molecule has 0 saturated carbocycles. The summed E-state index contributed by atoms with van der Waals surface area (Å²) in [5.41, 5.74) is 0. The van der Waals surface area contributed by atoms with E-state index < -0.39 is 0 Å². The van der Waals surface area contributed by atoms with Crippen molar-refractivity contribution in [2.45, 2.75) is 181 Å². The van der Waals surface area contributed by atoms with E-state index in [4.69, 9.17) is 9.84 Å². The van der Waals surface area contributed by atoms with E-state index >= 15 is 0 Å². The van der Waals surface area contributed by atoms with Gasteiger partial charge >= 0.3 is 0 Å². The Hall–Kier alpha value is -0.0800. The van der Waals surface area contributed by atoms with Crippen LogP contribution in [0.4, 0.5) is 0 Å². The first kappa shape index (κ1) is 35.1. The maximum absolute atomic E-state index is 8.50. The van der Waals surface area contributed by atoms with Crippen LogP contribution in [-0.4, -0.2) is 24.9 Å².